The third-order valence-corrected chi connectivity index (χ3v) is 5.52. The molecule has 0 atom stereocenters. The Labute approximate surface area is 145 Å². The largest absolute Gasteiger partial charge is 0.484 e. The van der Waals surface area contributed by atoms with Crippen LogP contribution < -0.4 is 14.5 Å². The first kappa shape index (κ1) is 17.2. The molecule has 2 aliphatic rings. The van der Waals surface area contributed by atoms with Crippen molar-refractivity contribution in [3.8, 4) is 5.75 Å². The number of ether oxygens (including phenoxy) is 1. The number of piperidine rings is 1. The van der Waals surface area contributed by atoms with Gasteiger partial charge in [0.15, 0.2) is 6.61 Å². The SMILES string of the molecule is Cc1cccc(OCC(=O)N2CCC([NH+]3CC[NH+](C)CC3)CC2)c1. The first-order valence-corrected chi connectivity index (χ1v) is 9.25. The third kappa shape index (κ3) is 4.48. The summed E-state index contributed by atoms with van der Waals surface area (Å²) in [6.07, 6.45) is 2.26. The maximum Gasteiger partial charge on any atom is 0.260 e. The lowest BCUT2D eigenvalue weighted by molar-refractivity contribution is -1.02. The molecule has 0 saturated carbocycles. The molecule has 132 valence electrons. The van der Waals surface area contributed by atoms with Crippen LogP contribution in [0, 0.1) is 6.92 Å². The number of likely N-dealkylation sites (tertiary alicyclic amines) is 1. The Bertz CT molecular complexity index is 547. The monoisotopic (exact) mass is 333 g/mol. The van der Waals surface area contributed by atoms with Crippen molar-refractivity contribution < 1.29 is 19.3 Å². The van der Waals surface area contributed by atoms with Gasteiger partial charge in [0.1, 0.15) is 31.9 Å². The molecule has 0 spiro atoms. The van der Waals surface area contributed by atoms with Crippen molar-refractivity contribution in [3.05, 3.63) is 29.8 Å². The minimum Gasteiger partial charge on any atom is -0.484 e. The fourth-order valence-electron chi connectivity index (χ4n) is 3.88. The van der Waals surface area contributed by atoms with Crippen molar-refractivity contribution in [3.63, 3.8) is 0 Å². The Hall–Kier alpha value is -1.59. The summed E-state index contributed by atoms with van der Waals surface area (Å²) in [5.41, 5.74) is 1.15. The Morgan fingerprint density at radius 2 is 1.92 bits per heavy atom. The highest BCUT2D eigenvalue weighted by molar-refractivity contribution is 5.77. The van der Waals surface area contributed by atoms with Gasteiger partial charge >= 0.3 is 0 Å². The second kappa shape index (κ2) is 7.99. The Morgan fingerprint density at radius 3 is 2.58 bits per heavy atom. The molecule has 1 aromatic carbocycles. The van der Waals surface area contributed by atoms with Gasteiger partial charge in [-0.05, 0) is 24.6 Å². The second-order valence-electron chi connectivity index (χ2n) is 7.38. The molecule has 2 fully saturated rings. The van der Waals surface area contributed by atoms with E-state index in [1.54, 1.807) is 9.80 Å². The van der Waals surface area contributed by atoms with Crippen molar-refractivity contribution >= 4 is 5.91 Å². The van der Waals surface area contributed by atoms with Gasteiger partial charge in [0.25, 0.3) is 5.91 Å². The summed E-state index contributed by atoms with van der Waals surface area (Å²) in [7, 11) is 2.28. The topological polar surface area (TPSA) is 38.4 Å². The van der Waals surface area contributed by atoms with E-state index in [4.69, 9.17) is 4.74 Å². The van der Waals surface area contributed by atoms with E-state index in [1.807, 2.05) is 36.1 Å². The van der Waals surface area contributed by atoms with Crippen LogP contribution in [-0.2, 0) is 4.79 Å². The van der Waals surface area contributed by atoms with E-state index in [-0.39, 0.29) is 12.5 Å². The highest BCUT2D eigenvalue weighted by Crippen LogP contribution is 2.13. The van der Waals surface area contributed by atoms with Crippen LogP contribution in [0.15, 0.2) is 24.3 Å². The number of rotatable bonds is 4. The molecule has 1 aromatic rings. The Morgan fingerprint density at radius 1 is 1.21 bits per heavy atom. The van der Waals surface area contributed by atoms with Crippen LogP contribution in [-0.4, -0.2) is 69.8 Å². The molecule has 1 amide bonds. The van der Waals surface area contributed by atoms with Crippen molar-refractivity contribution in [1.82, 2.24) is 4.90 Å². The first-order valence-electron chi connectivity index (χ1n) is 9.25. The Balaban J connectivity index is 1.42. The minimum atomic E-state index is 0.118. The summed E-state index contributed by atoms with van der Waals surface area (Å²) < 4.78 is 5.66. The fraction of sp³-hybridized carbons (Fsp3) is 0.632. The van der Waals surface area contributed by atoms with E-state index in [2.05, 4.69) is 7.05 Å². The van der Waals surface area contributed by atoms with Crippen LogP contribution >= 0.6 is 0 Å². The van der Waals surface area contributed by atoms with Gasteiger partial charge in [0, 0.05) is 25.9 Å². The molecule has 2 N–H and O–H groups in total. The van der Waals surface area contributed by atoms with Gasteiger partial charge in [-0.15, -0.1) is 0 Å². The fourth-order valence-corrected chi connectivity index (χ4v) is 3.88. The average Bonchev–Trinajstić information content (AvgIpc) is 2.61. The zero-order valence-electron chi connectivity index (χ0n) is 15.0. The summed E-state index contributed by atoms with van der Waals surface area (Å²) in [5, 5.41) is 0. The molecule has 2 saturated heterocycles. The molecule has 2 aliphatic heterocycles. The molecular weight excluding hydrogens is 302 g/mol. The molecule has 3 rings (SSSR count). The number of hydrogen-bond donors (Lipinski definition) is 2. The normalized spacial score (nSPS) is 25.5. The first-order chi connectivity index (χ1) is 11.6. The second-order valence-corrected chi connectivity index (χ2v) is 7.38. The Kier molecular flexibility index (Phi) is 5.74. The number of carbonyl (C=O) groups excluding carboxylic acids is 1. The lowest BCUT2D eigenvalue weighted by atomic mass is 10.0. The summed E-state index contributed by atoms with van der Waals surface area (Å²) in [5.74, 6) is 0.899. The van der Waals surface area contributed by atoms with Crippen molar-refractivity contribution in [2.24, 2.45) is 0 Å². The number of nitrogens with zero attached hydrogens (tertiary/aromatic N) is 1. The van der Waals surface area contributed by atoms with Crippen LogP contribution in [0.1, 0.15) is 18.4 Å². The van der Waals surface area contributed by atoms with E-state index >= 15 is 0 Å². The smallest absolute Gasteiger partial charge is 0.260 e. The van der Waals surface area contributed by atoms with Crippen LogP contribution in [0.2, 0.25) is 0 Å². The molecule has 0 bridgehead atoms. The van der Waals surface area contributed by atoms with E-state index in [1.165, 1.54) is 26.2 Å². The van der Waals surface area contributed by atoms with Gasteiger partial charge in [-0.3, -0.25) is 4.79 Å². The summed E-state index contributed by atoms with van der Waals surface area (Å²) in [4.78, 5) is 17.8. The van der Waals surface area contributed by atoms with Gasteiger partial charge in [0.2, 0.25) is 0 Å². The van der Waals surface area contributed by atoms with Gasteiger partial charge in [0.05, 0.1) is 13.1 Å². The number of nitrogens with one attached hydrogen (secondary N) is 2. The quantitative estimate of drug-likeness (QED) is 0.725. The number of aryl methyl sites for hydroxylation is 1. The van der Waals surface area contributed by atoms with Crippen LogP contribution in [0.3, 0.4) is 0 Å². The number of piperazine rings is 1. The standard InChI is InChI=1S/C19H29N3O2/c1-16-4-3-5-18(14-16)24-15-19(23)22-8-6-17(7-9-22)21-12-10-20(2)11-13-21/h3-5,14,17H,6-13,15H2,1-2H3/p+2. The van der Waals surface area contributed by atoms with E-state index in [0.29, 0.717) is 0 Å². The molecule has 24 heavy (non-hydrogen) atoms. The summed E-state index contributed by atoms with van der Waals surface area (Å²) >= 11 is 0. The molecule has 0 aliphatic carbocycles. The number of amides is 1. The molecule has 0 unspecified atom stereocenters. The zero-order chi connectivity index (χ0) is 16.9. The van der Waals surface area contributed by atoms with Crippen molar-refractivity contribution in [1.29, 1.82) is 0 Å². The van der Waals surface area contributed by atoms with Gasteiger partial charge in [-0.25, -0.2) is 0 Å². The zero-order valence-corrected chi connectivity index (χ0v) is 15.0. The number of hydrogen-bond acceptors (Lipinski definition) is 2. The highest BCUT2D eigenvalue weighted by Gasteiger charge is 2.32. The predicted octanol–water partition coefficient (Wildman–Crippen LogP) is -1.22. The molecular formula is C19H31N3O2+2. The summed E-state index contributed by atoms with van der Waals surface area (Å²) in [6.45, 7) is 9.06. The number of carbonyl (C=O) groups is 1. The van der Waals surface area contributed by atoms with Crippen LogP contribution in [0.4, 0.5) is 0 Å². The molecule has 0 aromatic heterocycles. The maximum absolute atomic E-state index is 12.4. The lowest BCUT2D eigenvalue weighted by Gasteiger charge is -2.38. The van der Waals surface area contributed by atoms with E-state index in [9.17, 15) is 4.79 Å². The molecule has 5 heteroatoms. The summed E-state index contributed by atoms with van der Waals surface area (Å²) in [6, 6.07) is 8.60. The molecule has 0 radical (unpaired) electrons. The van der Waals surface area contributed by atoms with Crippen LogP contribution in [0.5, 0.6) is 5.75 Å². The highest BCUT2D eigenvalue weighted by atomic mass is 16.5. The van der Waals surface area contributed by atoms with E-state index in [0.717, 1.165) is 43.3 Å². The minimum absolute atomic E-state index is 0.118. The van der Waals surface area contributed by atoms with Crippen molar-refractivity contribution in [2.75, 3.05) is 52.9 Å². The lowest BCUT2D eigenvalue weighted by Crippen LogP contribution is -3.28. The van der Waals surface area contributed by atoms with Gasteiger partial charge < -0.3 is 19.4 Å². The molecule has 2 heterocycles. The maximum atomic E-state index is 12.4. The van der Waals surface area contributed by atoms with Crippen molar-refractivity contribution in [2.45, 2.75) is 25.8 Å². The van der Waals surface area contributed by atoms with Crippen LogP contribution in [0.25, 0.3) is 0 Å². The predicted molar refractivity (Wildman–Crippen MR) is 93.6 cm³/mol. The van der Waals surface area contributed by atoms with Gasteiger partial charge in [-0.2, -0.15) is 0 Å². The molecule has 5 nitrogen and oxygen atoms in total. The number of benzene rings is 1. The van der Waals surface area contributed by atoms with Gasteiger partial charge in [-0.1, -0.05) is 12.1 Å². The number of likely N-dealkylation sites (N-methyl/N-ethyl adjacent to an activating group) is 1. The third-order valence-electron chi connectivity index (χ3n) is 5.52. The average molecular weight is 333 g/mol. The number of quaternary nitrogens is 2. The van der Waals surface area contributed by atoms with E-state index < -0.39 is 0 Å².